The number of nitrogens with one attached hydrogen (secondary N) is 2. The number of hydrazine groups is 1. The summed E-state index contributed by atoms with van der Waals surface area (Å²) in [6, 6.07) is 9.51. The normalized spacial score (nSPS) is 11.4. The standard InChI is InChI=1S/C7H10N2OS.ClH/c1-11(10)9-8-7-5-3-2-4-6-7;/h2-6,8-9H,1H3;1H. The molecular weight excluding hydrogens is 196 g/mol. The second-order valence-electron chi connectivity index (χ2n) is 2.05. The molecule has 1 unspecified atom stereocenters. The van der Waals surface area contributed by atoms with Crippen LogP contribution < -0.4 is 10.3 Å². The fraction of sp³-hybridized carbons (Fsp3) is 0.143. The van der Waals surface area contributed by atoms with Gasteiger partial charge in [-0.15, -0.1) is 12.4 Å². The molecule has 0 amide bonds. The first-order valence-electron chi connectivity index (χ1n) is 3.19. The Labute approximate surface area is 80.5 Å². The number of para-hydroxylation sites is 1. The third kappa shape index (κ3) is 4.33. The molecule has 5 heteroatoms. The molecule has 0 aromatic heterocycles. The summed E-state index contributed by atoms with van der Waals surface area (Å²) in [5.74, 6) is 0. The Morgan fingerprint density at radius 2 is 1.83 bits per heavy atom. The van der Waals surface area contributed by atoms with E-state index in [1.54, 1.807) is 6.26 Å². The van der Waals surface area contributed by atoms with Crippen molar-refractivity contribution in [3.05, 3.63) is 30.3 Å². The van der Waals surface area contributed by atoms with Crippen LogP contribution in [0.3, 0.4) is 0 Å². The number of hydrogen-bond donors (Lipinski definition) is 2. The SMILES string of the molecule is CS(=O)NNc1ccccc1.Cl. The first-order chi connectivity index (χ1) is 5.29. The largest absolute Gasteiger partial charge is 0.310 e. The van der Waals surface area contributed by atoms with E-state index in [0.717, 1.165) is 5.69 Å². The summed E-state index contributed by atoms with van der Waals surface area (Å²) in [7, 11) is -1.03. The maximum atomic E-state index is 10.6. The van der Waals surface area contributed by atoms with Crippen LogP contribution in [-0.4, -0.2) is 10.5 Å². The van der Waals surface area contributed by atoms with Crippen LogP contribution in [0.2, 0.25) is 0 Å². The smallest absolute Gasteiger partial charge is 0.107 e. The van der Waals surface area contributed by atoms with Crippen molar-refractivity contribution in [3.8, 4) is 0 Å². The number of benzene rings is 1. The van der Waals surface area contributed by atoms with E-state index in [-0.39, 0.29) is 12.4 Å². The summed E-state index contributed by atoms with van der Waals surface area (Å²) in [5, 5.41) is 0. The zero-order chi connectivity index (χ0) is 8.10. The van der Waals surface area contributed by atoms with Gasteiger partial charge in [0.05, 0.1) is 0 Å². The van der Waals surface area contributed by atoms with Gasteiger partial charge < -0.3 is 5.43 Å². The minimum Gasteiger partial charge on any atom is -0.310 e. The van der Waals surface area contributed by atoms with Gasteiger partial charge in [0.25, 0.3) is 0 Å². The maximum absolute atomic E-state index is 10.6. The van der Waals surface area contributed by atoms with E-state index in [1.807, 2.05) is 30.3 Å². The third-order valence-electron chi connectivity index (χ3n) is 1.11. The van der Waals surface area contributed by atoms with Gasteiger partial charge in [0.15, 0.2) is 0 Å². The predicted octanol–water partition coefficient (Wildman–Crippen LogP) is 1.32. The Morgan fingerprint density at radius 3 is 2.33 bits per heavy atom. The number of rotatable bonds is 3. The van der Waals surface area contributed by atoms with Gasteiger partial charge in [0.2, 0.25) is 0 Å². The molecule has 1 rings (SSSR count). The minimum atomic E-state index is -1.03. The quantitative estimate of drug-likeness (QED) is 0.733. The Balaban J connectivity index is 0.00000121. The molecular formula is C7H11ClN2OS. The summed E-state index contributed by atoms with van der Waals surface area (Å²) in [5.41, 5.74) is 3.70. The van der Waals surface area contributed by atoms with Gasteiger partial charge in [0.1, 0.15) is 11.0 Å². The highest BCUT2D eigenvalue weighted by atomic mass is 35.5. The van der Waals surface area contributed by atoms with E-state index in [9.17, 15) is 4.21 Å². The molecule has 0 saturated carbocycles. The van der Waals surface area contributed by atoms with Crippen LogP contribution in [-0.2, 0) is 11.0 Å². The molecule has 0 aliphatic carbocycles. The van der Waals surface area contributed by atoms with Crippen molar-refractivity contribution < 1.29 is 4.21 Å². The van der Waals surface area contributed by atoms with Crippen LogP contribution in [0.15, 0.2) is 30.3 Å². The predicted molar refractivity (Wildman–Crippen MR) is 54.5 cm³/mol. The Morgan fingerprint density at radius 1 is 1.25 bits per heavy atom. The molecule has 68 valence electrons. The van der Waals surface area contributed by atoms with Crippen LogP contribution >= 0.6 is 12.4 Å². The molecule has 1 atom stereocenters. The lowest BCUT2D eigenvalue weighted by Crippen LogP contribution is -2.22. The first-order valence-corrected chi connectivity index (χ1v) is 4.75. The summed E-state index contributed by atoms with van der Waals surface area (Å²) in [6.07, 6.45) is 1.57. The lowest BCUT2D eigenvalue weighted by Gasteiger charge is -2.03. The van der Waals surface area contributed by atoms with E-state index >= 15 is 0 Å². The Kier molecular flexibility index (Phi) is 5.70. The van der Waals surface area contributed by atoms with Gasteiger partial charge in [-0.25, -0.2) is 4.21 Å². The summed E-state index contributed by atoms with van der Waals surface area (Å²) in [4.78, 5) is 2.58. The Hall–Kier alpha value is -0.580. The highest BCUT2D eigenvalue weighted by Crippen LogP contribution is 2.02. The highest BCUT2D eigenvalue weighted by molar-refractivity contribution is 7.82. The summed E-state index contributed by atoms with van der Waals surface area (Å²) < 4.78 is 10.6. The van der Waals surface area contributed by atoms with Gasteiger partial charge in [-0.05, 0) is 12.1 Å². The number of anilines is 1. The molecule has 0 saturated heterocycles. The lowest BCUT2D eigenvalue weighted by molar-refractivity contribution is 0.681. The monoisotopic (exact) mass is 206 g/mol. The van der Waals surface area contributed by atoms with Crippen molar-refractivity contribution in [1.29, 1.82) is 0 Å². The minimum absolute atomic E-state index is 0. The van der Waals surface area contributed by atoms with Crippen molar-refractivity contribution in [2.24, 2.45) is 0 Å². The molecule has 2 N–H and O–H groups in total. The van der Waals surface area contributed by atoms with Crippen molar-refractivity contribution in [1.82, 2.24) is 4.83 Å². The van der Waals surface area contributed by atoms with Gasteiger partial charge in [-0.2, -0.15) is 4.83 Å². The third-order valence-corrected chi connectivity index (χ3v) is 1.50. The molecule has 1 aromatic rings. The zero-order valence-corrected chi connectivity index (χ0v) is 8.24. The molecule has 0 aliphatic rings. The molecule has 1 aromatic carbocycles. The Bertz CT molecular complexity index is 242. The van der Waals surface area contributed by atoms with E-state index < -0.39 is 11.0 Å². The van der Waals surface area contributed by atoms with Crippen molar-refractivity contribution in [2.45, 2.75) is 0 Å². The second-order valence-corrected chi connectivity index (χ2v) is 3.16. The fourth-order valence-corrected chi connectivity index (χ4v) is 0.914. The van der Waals surface area contributed by atoms with Crippen molar-refractivity contribution in [2.75, 3.05) is 11.7 Å². The molecule has 3 nitrogen and oxygen atoms in total. The number of hydrogen-bond acceptors (Lipinski definition) is 2. The van der Waals surface area contributed by atoms with Crippen LogP contribution in [0.4, 0.5) is 5.69 Å². The van der Waals surface area contributed by atoms with Crippen molar-refractivity contribution >= 4 is 29.1 Å². The number of halogens is 1. The average Bonchev–Trinajstić information content (AvgIpc) is 2.03. The fourth-order valence-electron chi connectivity index (χ4n) is 0.652. The molecule has 0 radical (unpaired) electrons. The molecule has 0 fully saturated rings. The molecule has 0 spiro atoms. The van der Waals surface area contributed by atoms with Crippen LogP contribution in [0.5, 0.6) is 0 Å². The van der Waals surface area contributed by atoms with Crippen LogP contribution in [0.1, 0.15) is 0 Å². The second kappa shape index (κ2) is 5.99. The van der Waals surface area contributed by atoms with E-state index in [2.05, 4.69) is 10.3 Å². The lowest BCUT2D eigenvalue weighted by atomic mass is 10.3. The van der Waals surface area contributed by atoms with E-state index in [4.69, 9.17) is 0 Å². The highest BCUT2D eigenvalue weighted by Gasteiger charge is 1.88. The first kappa shape index (κ1) is 11.4. The van der Waals surface area contributed by atoms with Crippen LogP contribution in [0.25, 0.3) is 0 Å². The van der Waals surface area contributed by atoms with Gasteiger partial charge in [-0.1, -0.05) is 18.2 Å². The summed E-state index contributed by atoms with van der Waals surface area (Å²) in [6.45, 7) is 0. The molecule has 12 heavy (non-hydrogen) atoms. The van der Waals surface area contributed by atoms with E-state index in [1.165, 1.54) is 0 Å². The molecule has 0 bridgehead atoms. The summed E-state index contributed by atoms with van der Waals surface area (Å²) >= 11 is 0. The average molecular weight is 207 g/mol. The molecule has 0 heterocycles. The topological polar surface area (TPSA) is 41.1 Å². The van der Waals surface area contributed by atoms with Crippen LogP contribution in [0, 0.1) is 0 Å². The zero-order valence-electron chi connectivity index (χ0n) is 6.61. The maximum Gasteiger partial charge on any atom is 0.107 e. The van der Waals surface area contributed by atoms with E-state index in [0.29, 0.717) is 0 Å². The van der Waals surface area contributed by atoms with Gasteiger partial charge in [-0.3, -0.25) is 0 Å². The van der Waals surface area contributed by atoms with Gasteiger partial charge in [0, 0.05) is 11.9 Å². The molecule has 0 aliphatic heterocycles. The van der Waals surface area contributed by atoms with Gasteiger partial charge >= 0.3 is 0 Å². The van der Waals surface area contributed by atoms with Crippen molar-refractivity contribution in [3.63, 3.8) is 0 Å².